The normalized spacial score (nSPS) is 17.7. The summed E-state index contributed by atoms with van der Waals surface area (Å²) >= 11 is 1.38. The van der Waals surface area contributed by atoms with Crippen molar-refractivity contribution in [3.63, 3.8) is 0 Å². The van der Waals surface area contributed by atoms with E-state index in [4.69, 9.17) is 0 Å². The summed E-state index contributed by atoms with van der Waals surface area (Å²) in [4.78, 5) is 26.7. The molecule has 7 heteroatoms. The van der Waals surface area contributed by atoms with E-state index < -0.39 is 0 Å². The van der Waals surface area contributed by atoms with Crippen molar-refractivity contribution in [2.45, 2.75) is 46.5 Å². The molecule has 0 bridgehead atoms. The summed E-state index contributed by atoms with van der Waals surface area (Å²) in [5.74, 6) is -0.588. The predicted molar refractivity (Wildman–Crippen MR) is 104 cm³/mol. The smallest absolute Gasteiger partial charge is 0.231 e. The van der Waals surface area contributed by atoms with Gasteiger partial charge in [-0.15, -0.1) is 10.2 Å². The zero-order valence-electron chi connectivity index (χ0n) is 15.8. The number of nitrogens with one attached hydrogen (secondary N) is 1. The van der Waals surface area contributed by atoms with Crippen LogP contribution in [0, 0.1) is 19.8 Å². The molecule has 6 nitrogen and oxygen atoms in total. The lowest BCUT2D eigenvalue weighted by atomic mass is 9.98. The van der Waals surface area contributed by atoms with Crippen molar-refractivity contribution in [1.29, 1.82) is 0 Å². The van der Waals surface area contributed by atoms with Gasteiger partial charge in [-0.2, -0.15) is 0 Å². The number of nitrogens with zero attached hydrogens (tertiary/aromatic N) is 3. The molecule has 1 aliphatic rings. The van der Waals surface area contributed by atoms with E-state index in [1.54, 1.807) is 4.90 Å². The third-order valence-corrected chi connectivity index (χ3v) is 5.58. The summed E-state index contributed by atoms with van der Waals surface area (Å²) in [6, 6.07) is 6.02. The lowest BCUT2D eigenvalue weighted by Crippen LogP contribution is -2.28. The fourth-order valence-electron chi connectivity index (χ4n) is 3.02. The summed E-state index contributed by atoms with van der Waals surface area (Å²) in [5.41, 5.74) is 2.95. The second-order valence-electron chi connectivity index (χ2n) is 7.90. The number of aromatic nitrogens is 2. The van der Waals surface area contributed by atoms with E-state index in [0.29, 0.717) is 11.7 Å². The van der Waals surface area contributed by atoms with Crippen molar-refractivity contribution in [2.24, 2.45) is 5.92 Å². The van der Waals surface area contributed by atoms with Gasteiger partial charge in [0.2, 0.25) is 16.9 Å². The second kappa shape index (κ2) is 6.79. The van der Waals surface area contributed by atoms with E-state index in [1.807, 2.05) is 26.0 Å². The van der Waals surface area contributed by atoms with Crippen LogP contribution < -0.4 is 10.2 Å². The zero-order valence-corrected chi connectivity index (χ0v) is 16.6. The van der Waals surface area contributed by atoms with Crippen LogP contribution in [0.2, 0.25) is 0 Å². The Morgan fingerprint density at radius 1 is 1.19 bits per heavy atom. The lowest BCUT2D eigenvalue weighted by molar-refractivity contribution is -0.122. The van der Waals surface area contributed by atoms with Crippen molar-refractivity contribution in [3.8, 4) is 0 Å². The first-order valence-corrected chi connectivity index (χ1v) is 9.48. The Kier molecular flexibility index (Phi) is 4.84. The SMILES string of the molecule is Cc1cc(C)cc(N2CC(C(=O)Nc3nnc(C(C)(C)C)s3)CC2=O)c1. The number of hydrogen-bond acceptors (Lipinski definition) is 5. The van der Waals surface area contributed by atoms with Gasteiger partial charge >= 0.3 is 0 Å². The van der Waals surface area contributed by atoms with Crippen molar-refractivity contribution >= 4 is 34.0 Å². The fourth-order valence-corrected chi connectivity index (χ4v) is 3.83. The number of benzene rings is 1. The Morgan fingerprint density at radius 3 is 2.42 bits per heavy atom. The van der Waals surface area contributed by atoms with Gasteiger partial charge in [0, 0.05) is 24.1 Å². The van der Waals surface area contributed by atoms with Gasteiger partial charge in [-0.3, -0.25) is 9.59 Å². The summed E-state index contributed by atoms with van der Waals surface area (Å²) in [5, 5.41) is 12.4. The summed E-state index contributed by atoms with van der Waals surface area (Å²) in [6.45, 7) is 10.6. The highest BCUT2D eigenvalue weighted by Gasteiger charge is 2.35. The van der Waals surface area contributed by atoms with Gasteiger partial charge in [-0.1, -0.05) is 38.2 Å². The van der Waals surface area contributed by atoms with Crippen LogP contribution in [-0.2, 0) is 15.0 Å². The minimum Gasteiger partial charge on any atom is -0.312 e. The van der Waals surface area contributed by atoms with Gasteiger partial charge in [0.25, 0.3) is 0 Å². The van der Waals surface area contributed by atoms with E-state index in [2.05, 4.69) is 42.4 Å². The summed E-state index contributed by atoms with van der Waals surface area (Å²) in [7, 11) is 0. The molecule has 26 heavy (non-hydrogen) atoms. The van der Waals surface area contributed by atoms with Gasteiger partial charge in [-0.25, -0.2) is 0 Å². The van der Waals surface area contributed by atoms with Crippen LogP contribution in [0.15, 0.2) is 18.2 Å². The topological polar surface area (TPSA) is 75.2 Å². The highest BCUT2D eigenvalue weighted by Crippen LogP contribution is 2.30. The number of carbonyl (C=O) groups excluding carboxylic acids is 2. The minimum atomic E-state index is -0.384. The molecule has 0 saturated carbocycles. The van der Waals surface area contributed by atoms with Crippen LogP contribution in [0.4, 0.5) is 10.8 Å². The van der Waals surface area contributed by atoms with E-state index in [0.717, 1.165) is 21.8 Å². The molecule has 1 fully saturated rings. The van der Waals surface area contributed by atoms with Gasteiger partial charge in [0.05, 0.1) is 5.92 Å². The van der Waals surface area contributed by atoms with Crippen LogP contribution in [0.3, 0.4) is 0 Å². The first kappa shape index (κ1) is 18.5. The number of aryl methyl sites for hydroxylation is 2. The summed E-state index contributed by atoms with van der Waals surface area (Å²) in [6.07, 6.45) is 0.212. The molecule has 0 spiro atoms. The molecule has 1 aliphatic heterocycles. The van der Waals surface area contributed by atoms with Crippen molar-refractivity contribution in [3.05, 3.63) is 34.3 Å². The molecule has 1 N–H and O–H groups in total. The fraction of sp³-hybridized carbons (Fsp3) is 0.474. The summed E-state index contributed by atoms with van der Waals surface area (Å²) < 4.78 is 0. The molecule has 0 radical (unpaired) electrons. The maximum absolute atomic E-state index is 12.6. The minimum absolute atomic E-state index is 0.0252. The Morgan fingerprint density at radius 2 is 1.85 bits per heavy atom. The molecular weight excluding hydrogens is 348 g/mol. The number of anilines is 2. The molecule has 1 atom stereocenters. The standard InChI is InChI=1S/C19H24N4O2S/c1-11-6-12(2)8-14(7-11)23-10-13(9-15(23)24)16(25)20-18-22-21-17(26-18)19(3,4)5/h6-8,13H,9-10H2,1-5H3,(H,20,22,25). The van der Waals surface area contributed by atoms with Crippen molar-refractivity contribution in [1.82, 2.24) is 10.2 Å². The van der Waals surface area contributed by atoms with Gasteiger partial charge in [-0.05, 0) is 37.1 Å². The predicted octanol–water partition coefficient (Wildman–Crippen LogP) is 3.44. The molecule has 138 valence electrons. The Hall–Kier alpha value is -2.28. The highest BCUT2D eigenvalue weighted by atomic mass is 32.1. The molecule has 0 aliphatic carbocycles. The molecule has 1 saturated heterocycles. The maximum atomic E-state index is 12.6. The van der Waals surface area contributed by atoms with Gasteiger partial charge in [0.1, 0.15) is 5.01 Å². The number of rotatable bonds is 3. The third kappa shape index (κ3) is 3.93. The molecule has 1 aromatic heterocycles. The molecule has 1 unspecified atom stereocenters. The average molecular weight is 372 g/mol. The average Bonchev–Trinajstić information content (AvgIpc) is 3.12. The molecule has 3 rings (SSSR count). The highest BCUT2D eigenvalue weighted by molar-refractivity contribution is 7.15. The van der Waals surface area contributed by atoms with Gasteiger partial charge < -0.3 is 10.2 Å². The lowest BCUT2D eigenvalue weighted by Gasteiger charge is -2.18. The zero-order chi connectivity index (χ0) is 19.1. The first-order chi connectivity index (χ1) is 12.1. The molecular formula is C19H24N4O2S. The van der Waals surface area contributed by atoms with E-state index in [-0.39, 0.29) is 29.6 Å². The molecule has 1 aromatic carbocycles. The van der Waals surface area contributed by atoms with Crippen molar-refractivity contribution < 1.29 is 9.59 Å². The van der Waals surface area contributed by atoms with E-state index in [9.17, 15) is 9.59 Å². The quantitative estimate of drug-likeness (QED) is 0.895. The number of amides is 2. The van der Waals surface area contributed by atoms with Crippen LogP contribution in [-0.4, -0.2) is 28.6 Å². The maximum Gasteiger partial charge on any atom is 0.231 e. The van der Waals surface area contributed by atoms with Crippen LogP contribution in [0.25, 0.3) is 0 Å². The van der Waals surface area contributed by atoms with Crippen molar-refractivity contribution in [2.75, 3.05) is 16.8 Å². The van der Waals surface area contributed by atoms with Gasteiger partial charge in [0.15, 0.2) is 0 Å². The van der Waals surface area contributed by atoms with Crippen LogP contribution >= 0.6 is 11.3 Å². The van der Waals surface area contributed by atoms with Crippen LogP contribution in [0.1, 0.15) is 43.3 Å². The molecule has 2 amide bonds. The van der Waals surface area contributed by atoms with Crippen LogP contribution in [0.5, 0.6) is 0 Å². The molecule has 2 heterocycles. The van der Waals surface area contributed by atoms with E-state index in [1.165, 1.54) is 11.3 Å². The monoisotopic (exact) mass is 372 g/mol. The Bertz CT molecular complexity index is 833. The third-order valence-electron chi connectivity index (χ3n) is 4.31. The van der Waals surface area contributed by atoms with E-state index >= 15 is 0 Å². The largest absolute Gasteiger partial charge is 0.312 e. The Labute approximate surface area is 157 Å². The molecule has 2 aromatic rings. The number of hydrogen-bond donors (Lipinski definition) is 1. The first-order valence-electron chi connectivity index (χ1n) is 8.67. The Balaban J connectivity index is 1.70. The second-order valence-corrected chi connectivity index (χ2v) is 8.88. The number of carbonyl (C=O) groups is 2.